The molecule has 1 aromatic heterocycles. The molecule has 2 heterocycles. The summed E-state index contributed by atoms with van der Waals surface area (Å²) < 4.78 is 5.93. The summed E-state index contributed by atoms with van der Waals surface area (Å²) >= 11 is 2.00. The SMILES string of the molecule is Cc1c(CN2CCSCC2)cccc1NC(=O)c1oc2c(c1C)C(=O)CC(C)(C)C2. The van der Waals surface area contributed by atoms with Gasteiger partial charge in [0, 0.05) is 55.2 Å². The van der Waals surface area contributed by atoms with Gasteiger partial charge in [-0.1, -0.05) is 26.0 Å². The number of hydrogen-bond donors (Lipinski definition) is 1. The first-order chi connectivity index (χ1) is 14.2. The minimum Gasteiger partial charge on any atom is -0.455 e. The van der Waals surface area contributed by atoms with Gasteiger partial charge in [-0.15, -0.1) is 0 Å². The van der Waals surface area contributed by atoms with Crippen molar-refractivity contribution < 1.29 is 14.0 Å². The Bertz CT molecular complexity index is 987. The summed E-state index contributed by atoms with van der Waals surface area (Å²) in [5, 5.41) is 3.02. The van der Waals surface area contributed by atoms with Crippen LogP contribution in [0, 0.1) is 19.3 Å². The second kappa shape index (κ2) is 8.23. The lowest BCUT2D eigenvalue weighted by Crippen LogP contribution is -2.32. The van der Waals surface area contributed by atoms with Gasteiger partial charge in [-0.05, 0) is 36.5 Å². The molecule has 0 spiro atoms. The van der Waals surface area contributed by atoms with E-state index in [-0.39, 0.29) is 22.9 Å². The first kappa shape index (κ1) is 21.2. The number of anilines is 1. The second-order valence-electron chi connectivity index (χ2n) is 9.23. The molecule has 1 aliphatic carbocycles. The Labute approximate surface area is 182 Å². The fraction of sp³-hybridized carbons (Fsp3) is 0.500. The maximum atomic E-state index is 13.0. The predicted molar refractivity (Wildman–Crippen MR) is 122 cm³/mol. The Morgan fingerprint density at radius 3 is 2.63 bits per heavy atom. The van der Waals surface area contributed by atoms with E-state index in [9.17, 15) is 9.59 Å². The van der Waals surface area contributed by atoms with E-state index in [4.69, 9.17) is 4.42 Å². The van der Waals surface area contributed by atoms with Crippen LogP contribution in [0.25, 0.3) is 0 Å². The summed E-state index contributed by atoms with van der Waals surface area (Å²) in [7, 11) is 0. The molecule has 1 saturated heterocycles. The molecule has 1 amide bonds. The molecule has 30 heavy (non-hydrogen) atoms. The highest BCUT2D eigenvalue weighted by molar-refractivity contribution is 7.99. The molecule has 4 rings (SSSR count). The number of amides is 1. The molecule has 0 radical (unpaired) electrons. The molecule has 0 bridgehead atoms. The summed E-state index contributed by atoms with van der Waals surface area (Å²) in [6.07, 6.45) is 1.16. The third-order valence-electron chi connectivity index (χ3n) is 6.17. The van der Waals surface area contributed by atoms with Gasteiger partial charge in [0.1, 0.15) is 5.76 Å². The van der Waals surface area contributed by atoms with E-state index >= 15 is 0 Å². The van der Waals surface area contributed by atoms with Crippen LogP contribution in [-0.4, -0.2) is 41.2 Å². The maximum absolute atomic E-state index is 13.0. The van der Waals surface area contributed by atoms with E-state index in [1.165, 1.54) is 17.1 Å². The third-order valence-corrected chi connectivity index (χ3v) is 7.12. The van der Waals surface area contributed by atoms with E-state index < -0.39 is 0 Å². The number of ketones is 1. The van der Waals surface area contributed by atoms with Gasteiger partial charge >= 0.3 is 0 Å². The summed E-state index contributed by atoms with van der Waals surface area (Å²) in [4.78, 5) is 28.1. The number of rotatable bonds is 4. The summed E-state index contributed by atoms with van der Waals surface area (Å²) in [6.45, 7) is 11.1. The van der Waals surface area contributed by atoms with Crippen LogP contribution in [0.2, 0.25) is 0 Å². The number of nitrogens with zero attached hydrogens (tertiary/aromatic N) is 1. The smallest absolute Gasteiger partial charge is 0.291 e. The van der Waals surface area contributed by atoms with Crippen molar-refractivity contribution in [3.05, 3.63) is 52.0 Å². The zero-order valence-corrected chi connectivity index (χ0v) is 19.1. The molecule has 160 valence electrons. The number of hydrogen-bond acceptors (Lipinski definition) is 5. The molecule has 2 aromatic rings. The van der Waals surface area contributed by atoms with Crippen LogP contribution in [0.1, 0.15) is 63.6 Å². The second-order valence-corrected chi connectivity index (χ2v) is 10.5. The van der Waals surface area contributed by atoms with Gasteiger partial charge in [0.05, 0.1) is 5.56 Å². The van der Waals surface area contributed by atoms with Gasteiger partial charge in [-0.25, -0.2) is 0 Å². The number of carbonyl (C=O) groups is 2. The Kier molecular flexibility index (Phi) is 5.82. The normalized spacial score (nSPS) is 18.9. The number of nitrogens with one attached hydrogen (secondary N) is 1. The summed E-state index contributed by atoms with van der Waals surface area (Å²) in [5.74, 6) is 3.03. The fourth-order valence-corrected chi connectivity index (χ4v) is 5.45. The molecule has 0 atom stereocenters. The molecule has 0 unspecified atom stereocenters. The first-order valence-electron chi connectivity index (χ1n) is 10.6. The van der Waals surface area contributed by atoms with Crippen LogP contribution >= 0.6 is 11.8 Å². The lowest BCUT2D eigenvalue weighted by molar-refractivity contribution is 0.0898. The van der Waals surface area contributed by atoms with Crippen LogP contribution in [-0.2, 0) is 13.0 Å². The quantitative estimate of drug-likeness (QED) is 0.757. The number of furan rings is 1. The van der Waals surface area contributed by atoms with Gasteiger partial charge in [0.2, 0.25) is 0 Å². The van der Waals surface area contributed by atoms with Crippen molar-refractivity contribution in [2.75, 3.05) is 29.9 Å². The molecule has 2 aliphatic rings. The average molecular weight is 427 g/mol. The Hall–Kier alpha value is -2.05. The van der Waals surface area contributed by atoms with Crippen molar-refractivity contribution >= 4 is 29.1 Å². The lowest BCUT2D eigenvalue weighted by Gasteiger charge is -2.27. The molecule has 1 aromatic carbocycles. The van der Waals surface area contributed by atoms with E-state index in [1.807, 2.05) is 30.8 Å². The van der Waals surface area contributed by atoms with Crippen molar-refractivity contribution in [2.24, 2.45) is 5.41 Å². The molecule has 5 nitrogen and oxygen atoms in total. The van der Waals surface area contributed by atoms with Crippen molar-refractivity contribution in [2.45, 2.75) is 47.1 Å². The standard InChI is InChI=1S/C24H30N2O3S/c1-15-17(14-26-8-10-30-11-9-26)6-5-7-18(15)25-23(28)22-16(2)21-19(27)12-24(3,4)13-20(21)29-22/h5-7H,8-14H2,1-4H3,(H,25,28). The number of fused-ring (bicyclic) bond motifs is 1. The first-order valence-corrected chi connectivity index (χ1v) is 11.8. The average Bonchev–Trinajstić information content (AvgIpc) is 3.01. The van der Waals surface area contributed by atoms with E-state index in [1.54, 1.807) is 0 Å². The monoisotopic (exact) mass is 426 g/mol. The zero-order chi connectivity index (χ0) is 21.5. The third kappa shape index (κ3) is 4.21. The van der Waals surface area contributed by atoms with E-state index in [2.05, 4.69) is 37.1 Å². The van der Waals surface area contributed by atoms with Gasteiger partial charge in [-0.2, -0.15) is 11.8 Å². The van der Waals surface area contributed by atoms with Crippen LogP contribution < -0.4 is 5.32 Å². The van der Waals surface area contributed by atoms with Crippen molar-refractivity contribution in [1.82, 2.24) is 4.90 Å². The van der Waals surface area contributed by atoms with Crippen molar-refractivity contribution in [3.63, 3.8) is 0 Å². The lowest BCUT2D eigenvalue weighted by atomic mass is 9.76. The molecular formula is C24H30N2O3S. The highest BCUT2D eigenvalue weighted by Gasteiger charge is 2.37. The minimum atomic E-state index is -0.290. The number of carbonyl (C=O) groups excluding carboxylic acids is 2. The van der Waals surface area contributed by atoms with Crippen LogP contribution in [0.15, 0.2) is 22.6 Å². The predicted octanol–water partition coefficient (Wildman–Crippen LogP) is 4.85. The van der Waals surface area contributed by atoms with E-state index in [0.717, 1.165) is 30.9 Å². The molecular weight excluding hydrogens is 396 g/mol. The fourth-order valence-electron chi connectivity index (χ4n) is 4.47. The minimum absolute atomic E-state index is 0.0689. The highest BCUT2D eigenvalue weighted by Crippen LogP contribution is 2.38. The Balaban J connectivity index is 1.55. The van der Waals surface area contributed by atoms with Crippen LogP contribution in [0.3, 0.4) is 0 Å². The topological polar surface area (TPSA) is 62.6 Å². The number of benzene rings is 1. The summed E-state index contributed by atoms with van der Waals surface area (Å²) in [5.41, 5.74) is 4.22. The number of thioether (sulfide) groups is 1. The molecule has 6 heteroatoms. The van der Waals surface area contributed by atoms with Gasteiger partial charge in [0.15, 0.2) is 11.5 Å². The molecule has 0 saturated carbocycles. The maximum Gasteiger partial charge on any atom is 0.291 e. The van der Waals surface area contributed by atoms with Crippen LogP contribution in [0.5, 0.6) is 0 Å². The van der Waals surface area contributed by atoms with Crippen molar-refractivity contribution in [1.29, 1.82) is 0 Å². The molecule has 1 fully saturated rings. The molecule has 1 N–H and O–H groups in total. The van der Waals surface area contributed by atoms with Gasteiger partial charge < -0.3 is 9.73 Å². The number of Topliss-reactive ketones (excluding diaryl/α,β-unsaturated/α-hetero) is 1. The van der Waals surface area contributed by atoms with Crippen molar-refractivity contribution in [3.8, 4) is 0 Å². The summed E-state index contributed by atoms with van der Waals surface area (Å²) in [6, 6.07) is 6.04. The van der Waals surface area contributed by atoms with Gasteiger partial charge in [0.25, 0.3) is 5.91 Å². The Morgan fingerprint density at radius 2 is 1.90 bits per heavy atom. The van der Waals surface area contributed by atoms with Crippen LogP contribution in [0.4, 0.5) is 5.69 Å². The zero-order valence-electron chi connectivity index (χ0n) is 18.3. The van der Waals surface area contributed by atoms with E-state index in [0.29, 0.717) is 29.7 Å². The Morgan fingerprint density at radius 1 is 1.17 bits per heavy atom. The van der Waals surface area contributed by atoms with Gasteiger partial charge in [-0.3, -0.25) is 14.5 Å². The highest BCUT2D eigenvalue weighted by atomic mass is 32.2. The molecule has 1 aliphatic heterocycles. The largest absolute Gasteiger partial charge is 0.455 e.